The van der Waals surface area contributed by atoms with E-state index in [2.05, 4.69) is 10.2 Å². The smallest absolute Gasteiger partial charge is 0.321 e. The van der Waals surface area contributed by atoms with Crippen molar-refractivity contribution in [2.24, 2.45) is 5.41 Å². The van der Waals surface area contributed by atoms with E-state index in [0.717, 1.165) is 37.6 Å². The summed E-state index contributed by atoms with van der Waals surface area (Å²) in [6, 6.07) is 11.2. The molecule has 30 heavy (non-hydrogen) atoms. The van der Waals surface area contributed by atoms with Gasteiger partial charge in [-0.15, -0.1) is 0 Å². The second-order valence-electron chi connectivity index (χ2n) is 8.84. The van der Waals surface area contributed by atoms with E-state index in [4.69, 9.17) is 0 Å². The molecule has 1 unspecified atom stereocenters. The summed E-state index contributed by atoms with van der Waals surface area (Å²) in [5, 5.41) is 12.3. The molecule has 3 fully saturated rings. The molecule has 1 aliphatic carbocycles. The Morgan fingerprint density at radius 2 is 1.67 bits per heavy atom. The number of amides is 2. The Kier molecular flexibility index (Phi) is 4.65. The maximum absolute atomic E-state index is 13.4. The molecule has 1 saturated carbocycles. The van der Waals surface area contributed by atoms with Gasteiger partial charge in [-0.05, 0) is 55.5 Å². The number of piperidine rings is 1. The van der Waals surface area contributed by atoms with Crippen LogP contribution in [0.3, 0.4) is 0 Å². The van der Waals surface area contributed by atoms with Crippen LogP contribution >= 0.6 is 0 Å². The number of urea groups is 1. The molecule has 2 heterocycles. The van der Waals surface area contributed by atoms with Crippen LogP contribution in [0.4, 0.5) is 19.3 Å². The van der Waals surface area contributed by atoms with Gasteiger partial charge in [0.1, 0.15) is 17.4 Å². The molecular formula is C23H25F2N3O2. The lowest BCUT2D eigenvalue weighted by atomic mass is 9.63. The summed E-state index contributed by atoms with van der Waals surface area (Å²) in [6.07, 6.45) is 4.24. The van der Waals surface area contributed by atoms with Crippen molar-refractivity contribution in [1.29, 1.82) is 0 Å². The van der Waals surface area contributed by atoms with Crippen molar-refractivity contribution >= 4 is 11.7 Å². The number of carbonyl (C=O) groups excluding carboxylic acids is 1. The Morgan fingerprint density at radius 3 is 2.27 bits per heavy atom. The number of phenols is 1. The minimum Gasteiger partial charge on any atom is -0.508 e. The molecule has 5 nitrogen and oxygen atoms in total. The molecule has 158 valence electrons. The molecule has 2 aliphatic heterocycles. The van der Waals surface area contributed by atoms with Gasteiger partial charge in [0, 0.05) is 48.9 Å². The summed E-state index contributed by atoms with van der Waals surface area (Å²) in [5.41, 5.74) is 1.48. The van der Waals surface area contributed by atoms with Crippen molar-refractivity contribution in [2.45, 2.75) is 37.8 Å². The first kappa shape index (κ1) is 19.3. The standard InChI is InChI=1S/C23H25F2N3O2/c24-16-11-17(25)13-18(12-16)26-22(30)27-9-7-23(8-10-27)14-28(19-3-4-19)21(23)15-1-5-20(29)6-2-15/h1-2,5-6,11-13,19,21,29H,3-4,7-10,14H2,(H,26,30). The number of halogens is 2. The quantitative estimate of drug-likeness (QED) is 0.779. The van der Waals surface area contributed by atoms with Gasteiger partial charge in [-0.25, -0.2) is 13.6 Å². The van der Waals surface area contributed by atoms with Gasteiger partial charge in [0.2, 0.25) is 0 Å². The van der Waals surface area contributed by atoms with Gasteiger partial charge in [0.15, 0.2) is 0 Å². The number of aromatic hydroxyl groups is 1. The first-order valence-electron chi connectivity index (χ1n) is 10.5. The van der Waals surface area contributed by atoms with Crippen molar-refractivity contribution in [2.75, 3.05) is 25.0 Å². The zero-order valence-corrected chi connectivity index (χ0v) is 16.7. The van der Waals surface area contributed by atoms with Crippen LogP contribution in [0.2, 0.25) is 0 Å². The highest BCUT2D eigenvalue weighted by Gasteiger charge is 2.57. The van der Waals surface area contributed by atoms with E-state index in [1.807, 2.05) is 12.1 Å². The third kappa shape index (κ3) is 3.51. The minimum atomic E-state index is -0.714. The fourth-order valence-electron chi connectivity index (χ4n) is 5.14. The molecule has 2 amide bonds. The topological polar surface area (TPSA) is 55.8 Å². The minimum absolute atomic E-state index is 0.126. The van der Waals surface area contributed by atoms with E-state index in [-0.39, 0.29) is 22.9 Å². The van der Waals surface area contributed by atoms with Crippen molar-refractivity contribution in [3.63, 3.8) is 0 Å². The zero-order chi connectivity index (χ0) is 20.9. The number of likely N-dealkylation sites (tertiary alicyclic amines) is 2. The maximum atomic E-state index is 13.4. The molecule has 2 N–H and O–H groups in total. The number of hydrogen-bond donors (Lipinski definition) is 2. The van der Waals surface area contributed by atoms with Crippen LogP contribution in [0.5, 0.6) is 5.75 Å². The van der Waals surface area contributed by atoms with E-state index >= 15 is 0 Å². The van der Waals surface area contributed by atoms with E-state index in [9.17, 15) is 18.7 Å². The Hall–Kier alpha value is -2.67. The molecule has 1 spiro atoms. The fourth-order valence-corrected chi connectivity index (χ4v) is 5.14. The molecule has 2 aromatic rings. The van der Waals surface area contributed by atoms with Gasteiger partial charge < -0.3 is 15.3 Å². The number of rotatable bonds is 3. The van der Waals surface area contributed by atoms with E-state index in [0.29, 0.717) is 25.2 Å². The largest absolute Gasteiger partial charge is 0.508 e. The molecule has 0 radical (unpaired) electrons. The van der Waals surface area contributed by atoms with Gasteiger partial charge in [-0.3, -0.25) is 4.90 Å². The lowest BCUT2D eigenvalue weighted by Crippen LogP contribution is -2.63. The van der Waals surface area contributed by atoms with Crippen molar-refractivity contribution in [3.8, 4) is 5.75 Å². The highest BCUT2D eigenvalue weighted by Crippen LogP contribution is 2.58. The molecule has 2 saturated heterocycles. The van der Waals surface area contributed by atoms with Gasteiger partial charge in [-0.2, -0.15) is 0 Å². The van der Waals surface area contributed by atoms with Gasteiger partial charge >= 0.3 is 6.03 Å². The number of nitrogens with zero attached hydrogens (tertiary/aromatic N) is 2. The lowest BCUT2D eigenvalue weighted by molar-refractivity contribution is -0.112. The van der Waals surface area contributed by atoms with Crippen molar-refractivity contribution in [3.05, 3.63) is 59.7 Å². The first-order chi connectivity index (χ1) is 14.4. The third-order valence-electron chi connectivity index (χ3n) is 6.79. The van der Waals surface area contributed by atoms with Crippen molar-refractivity contribution < 1.29 is 18.7 Å². The van der Waals surface area contributed by atoms with E-state index < -0.39 is 11.6 Å². The van der Waals surface area contributed by atoms with E-state index in [1.54, 1.807) is 17.0 Å². The van der Waals surface area contributed by atoms with Gasteiger partial charge in [0.05, 0.1) is 0 Å². The van der Waals surface area contributed by atoms with Crippen LogP contribution in [0.1, 0.15) is 37.3 Å². The van der Waals surface area contributed by atoms with Gasteiger partial charge in [0.25, 0.3) is 0 Å². The molecule has 5 rings (SSSR count). The molecule has 0 bridgehead atoms. The van der Waals surface area contributed by atoms with Crippen LogP contribution in [0.25, 0.3) is 0 Å². The average molecular weight is 413 g/mol. The highest BCUT2D eigenvalue weighted by molar-refractivity contribution is 5.89. The number of phenolic OH excluding ortho intramolecular Hbond substituents is 1. The zero-order valence-electron chi connectivity index (χ0n) is 16.7. The van der Waals surface area contributed by atoms with Crippen molar-refractivity contribution in [1.82, 2.24) is 9.80 Å². The summed E-state index contributed by atoms with van der Waals surface area (Å²) in [6.45, 7) is 2.25. The molecule has 2 aromatic carbocycles. The predicted molar refractivity (Wildman–Crippen MR) is 109 cm³/mol. The fraction of sp³-hybridized carbons (Fsp3) is 0.435. The molecule has 1 atom stereocenters. The molecule has 7 heteroatoms. The first-order valence-corrected chi connectivity index (χ1v) is 10.5. The lowest BCUT2D eigenvalue weighted by Gasteiger charge is -2.61. The average Bonchev–Trinajstić information content (AvgIpc) is 3.52. The normalized spacial score (nSPS) is 23.3. The molecule has 0 aromatic heterocycles. The summed E-state index contributed by atoms with van der Waals surface area (Å²) in [4.78, 5) is 16.9. The Balaban J connectivity index is 1.27. The number of hydrogen-bond acceptors (Lipinski definition) is 3. The van der Waals surface area contributed by atoms with E-state index in [1.165, 1.54) is 18.4 Å². The number of carbonyl (C=O) groups is 1. The summed E-state index contributed by atoms with van der Waals surface area (Å²) in [5.74, 6) is -1.16. The number of nitrogens with one attached hydrogen (secondary N) is 1. The Morgan fingerprint density at radius 1 is 1.03 bits per heavy atom. The Labute approximate surface area is 174 Å². The Bertz CT molecular complexity index is 933. The predicted octanol–water partition coefficient (Wildman–Crippen LogP) is 4.50. The third-order valence-corrected chi connectivity index (χ3v) is 6.79. The summed E-state index contributed by atoms with van der Waals surface area (Å²) >= 11 is 0. The molecule has 3 aliphatic rings. The van der Waals surface area contributed by atoms with Crippen LogP contribution < -0.4 is 5.32 Å². The highest BCUT2D eigenvalue weighted by atomic mass is 19.1. The second-order valence-corrected chi connectivity index (χ2v) is 8.84. The summed E-state index contributed by atoms with van der Waals surface area (Å²) < 4.78 is 26.8. The van der Waals surface area contributed by atoms with Crippen LogP contribution in [0, 0.1) is 17.0 Å². The second kappa shape index (κ2) is 7.23. The van der Waals surface area contributed by atoms with Crippen LogP contribution in [-0.2, 0) is 0 Å². The number of benzene rings is 2. The van der Waals surface area contributed by atoms with Crippen LogP contribution in [0.15, 0.2) is 42.5 Å². The van der Waals surface area contributed by atoms with Gasteiger partial charge in [-0.1, -0.05) is 12.1 Å². The van der Waals surface area contributed by atoms with Crippen LogP contribution in [-0.4, -0.2) is 46.6 Å². The maximum Gasteiger partial charge on any atom is 0.321 e. The molecular weight excluding hydrogens is 388 g/mol. The SMILES string of the molecule is O=C(Nc1cc(F)cc(F)c1)N1CCC2(CC1)CN(C1CC1)C2c1ccc(O)cc1. The summed E-state index contributed by atoms with van der Waals surface area (Å²) in [7, 11) is 0. The monoisotopic (exact) mass is 413 g/mol. The number of anilines is 1.